The molecule has 0 radical (unpaired) electrons. The van der Waals surface area contributed by atoms with Crippen LogP contribution >= 0.6 is 11.6 Å². The Morgan fingerprint density at radius 2 is 2.03 bits per heavy atom. The van der Waals surface area contributed by atoms with Crippen LogP contribution in [0.15, 0.2) is 48.5 Å². The number of amides is 1. The Hall–Kier alpha value is -2.57. The van der Waals surface area contributed by atoms with E-state index >= 15 is 0 Å². The molecule has 2 heterocycles. The minimum absolute atomic E-state index is 0.0563. The summed E-state index contributed by atoms with van der Waals surface area (Å²) in [5, 5.41) is 3.61. The largest absolute Gasteiger partial charge is 0.492 e. The molecule has 2 aromatic carbocycles. The lowest BCUT2D eigenvalue weighted by atomic mass is 10.2. The van der Waals surface area contributed by atoms with Gasteiger partial charge in [0.1, 0.15) is 17.7 Å². The number of rotatable bonds is 9. The Morgan fingerprint density at radius 3 is 2.87 bits per heavy atom. The standard InChI is InChI=1S/C23H26ClN3O3/c24-17-8-1-4-11-20(17)29-14-6-5-13-27-19-10-3-2-9-18(19)26-22(27)16-25-23(28)21-12-7-15-30-21/h1-4,8-11,21H,5-7,12-16H2,(H,25,28). The van der Waals surface area contributed by atoms with Gasteiger partial charge >= 0.3 is 0 Å². The summed E-state index contributed by atoms with van der Waals surface area (Å²) in [6.45, 7) is 2.45. The van der Waals surface area contributed by atoms with Crippen LogP contribution in [-0.2, 0) is 22.6 Å². The molecular weight excluding hydrogens is 402 g/mol. The number of halogens is 1. The van der Waals surface area contributed by atoms with E-state index < -0.39 is 0 Å². The van der Waals surface area contributed by atoms with E-state index in [2.05, 4.69) is 16.0 Å². The lowest BCUT2D eigenvalue weighted by Gasteiger charge is -2.13. The molecule has 0 aliphatic carbocycles. The molecule has 1 aliphatic rings. The number of hydrogen-bond donors (Lipinski definition) is 1. The van der Waals surface area contributed by atoms with E-state index in [1.807, 2.05) is 42.5 Å². The van der Waals surface area contributed by atoms with Crippen LogP contribution in [0, 0.1) is 0 Å². The lowest BCUT2D eigenvalue weighted by molar-refractivity contribution is -0.130. The Kier molecular flexibility index (Phi) is 6.87. The molecule has 1 saturated heterocycles. The molecule has 158 valence electrons. The lowest BCUT2D eigenvalue weighted by Crippen LogP contribution is -2.34. The van der Waals surface area contributed by atoms with Gasteiger partial charge in [-0.25, -0.2) is 4.98 Å². The fourth-order valence-electron chi connectivity index (χ4n) is 3.69. The second-order valence-electron chi connectivity index (χ2n) is 7.37. The number of unbranched alkanes of at least 4 members (excludes halogenated alkanes) is 1. The van der Waals surface area contributed by atoms with Gasteiger partial charge in [-0.05, 0) is 49.9 Å². The summed E-state index contributed by atoms with van der Waals surface area (Å²) in [6.07, 6.45) is 3.21. The molecular formula is C23H26ClN3O3. The number of benzene rings is 2. The van der Waals surface area contributed by atoms with Crippen LogP contribution in [0.5, 0.6) is 5.75 Å². The van der Waals surface area contributed by atoms with Crippen molar-refractivity contribution in [1.29, 1.82) is 0 Å². The highest BCUT2D eigenvalue weighted by molar-refractivity contribution is 6.32. The SMILES string of the molecule is O=C(NCc1nc2ccccc2n1CCCCOc1ccccc1Cl)C1CCCO1. The molecule has 0 bridgehead atoms. The second-order valence-corrected chi connectivity index (χ2v) is 7.78. The topological polar surface area (TPSA) is 65.4 Å². The summed E-state index contributed by atoms with van der Waals surface area (Å²) < 4.78 is 13.4. The molecule has 0 spiro atoms. The molecule has 7 heteroatoms. The molecule has 1 aliphatic heterocycles. The number of nitrogens with one attached hydrogen (secondary N) is 1. The van der Waals surface area contributed by atoms with E-state index in [0.717, 1.165) is 49.1 Å². The Morgan fingerprint density at radius 1 is 1.20 bits per heavy atom. The summed E-state index contributed by atoms with van der Waals surface area (Å²) in [5.74, 6) is 1.51. The van der Waals surface area contributed by atoms with E-state index in [0.29, 0.717) is 30.5 Å². The van der Waals surface area contributed by atoms with Crippen LogP contribution < -0.4 is 10.1 Å². The molecule has 1 amide bonds. The number of carbonyl (C=O) groups is 1. The molecule has 1 aromatic heterocycles. The zero-order valence-electron chi connectivity index (χ0n) is 16.9. The van der Waals surface area contributed by atoms with Crippen LogP contribution in [0.25, 0.3) is 11.0 Å². The monoisotopic (exact) mass is 427 g/mol. The molecule has 1 atom stereocenters. The highest BCUT2D eigenvalue weighted by atomic mass is 35.5. The third-order valence-electron chi connectivity index (χ3n) is 5.25. The van der Waals surface area contributed by atoms with Crippen molar-refractivity contribution < 1.29 is 14.3 Å². The summed E-state index contributed by atoms with van der Waals surface area (Å²) in [4.78, 5) is 17.0. The third kappa shape index (κ3) is 4.94. The molecule has 3 aromatic rings. The zero-order chi connectivity index (χ0) is 20.8. The molecule has 4 rings (SSSR count). The van der Waals surface area contributed by atoms with Crippen molar-refractivity contribution in [3.8, 4) is 5.75 Å². The number of ether oxygens (including phenoxy) is 2. The number of fused-ring (bicyclic) bond motifs is 1. The van der Waals surface area contributed by atoms with E-state index in [9.17, 15) is 4.79 Å². The van der Waals surface area contributed by atoms with Gasteiger partial charge in [-0.2, -0.15) is 0 Å². The smallest absolute Gasteiger partial charge is 0.249 e. The van der Waals surface area contributed by atoms with Gasteiger partial charge in [-0.15, -0.1) is 0 Å². The number of para-hydroxylation sites is 3. The number of carbonyl (C=O) groups excluding carboxylic acids is 1. The minimum atomic E-state index is -0.329. The van der Waals surface area contributed by atoms with Crippen molar-refractivity contribution in [3.05, 3.63) is 59.4 Å². The summed E-state index contributed by atoms with van der Waals surface area (Å²) >= 11 is 6.13. The van der Waals surface area contributed by atoms with Crippen molar-refractivity contribution in [1.82, 2.24) is 14.9 Å². The van der Waals surface area contributed by atoms with Crippen LogP contribution in [-0.4, -0.2) is 34.8 Å². The first kappa shape index (κ1) is 20.7. The van der Waals surface area contributed by atoms with Crippen molar-refractivity contribution >= 4 is 28.5 Å². The maximum atomic E-state index is 12.3. The first-order valence-corrected chi connectivity index (χ1v) is 10.8. The van der Waals surface area contributed by atoms with Crippen LogP contribution in [0.4, 0.5) is 0 Å². The molecule has 1 unspecified atom stereocenters. The number of imidazole rings is 1. The molecule has 1 N–H and O–H groups in total. The predicted octanol–water partition coefficient (Wildman–Crippen LogP) is 4.34. The molecule has 30 heavy (non-hydrogen) atoms. The summed E-state index contributed by atoms with van der Waals surface area (Å²) in [7, 11) is 0. The Bertz CT molecular complexity index is 998. The van der Waals surface area contributed by atoms with Gasteiger partial charge in [0.2, 0.25) is 5.91 Å². The number of aromatic nitrogens is 2. The maximum absolute atomic E-state index is 12.3. The summed E-state index contributed by atoms with van der Waals surface area (Å²) in [6, 6.07) is 15.5. The van der Waals surface area contributed by atoms with E-state index in [1.165, 1.54) is 0 Å². The van der Waals surface area contributed by atoms with E-state index in [4.69, 9.17) is 26.1 Å². The average molecular weight is 428 g/mol. The van der Waals surface area contributed by atoms with Gasteiger partial charge in [-0.1, -0.05) is 35.9 Å². The first-order chi connectivity index (χ1) is 14.7. The van der Waals surface area contributed by atoms with Gasteiger partial charge in [0.05, 0.1) is 29.2 Å². The average Bonchev–Trinajstić information content (AvgIpc) is 3.41. The van der Waals surface area contributed by atoms with E-state index in [1.54, 1.807) is 0 Å². The van der Waals surface area contributed by atoms with Crippen LogP contribution in [0.3, 0.4) is 0 Å². The van der Waals surface area contributed by atoms with Crippen molar-refractivity contribution in [2.24, 2.45) is 0 Å². The van der Waals surface area contributed by atoms with Crippen molar-refractivity contribution in [2.75, 3.05) is 13.2 Å². The Balaban J connectivity index is 1.35. The highest BCUT2D eigenvalue weighted by Crippen LogP contribution is 2.23. The fourth-order valence-corrected chi connectivity index (χ4v) is 3.88. The normalized spacial score (nSPS) is 16.1. The number of nitrogens with zero attached hydrogens (tertiary/aromatic N) is 2. The molecule has 6 nitrogen and oxygen atoms in total. The van der Waals surface area contributed by atoms with Gasteiger partial charge < -0.3 is 19.4 Å². The Labute approximate surface area is 181 Å². The van der Waals surface area contributed by atoms with Crippen LogP contribution in [0.1, 0.15) is 31.5 Å². The van der Waals surface area contributed by atoms with Gasteiger partial charge in [-0.3, -0.25) is 4.79 Å². The second kappa shape index (κ2) is 9.96. The highest BCUT2D eigenvalue weighted by Gasteiger charge is 2.23. The molecule has 1 fully saturated rings. The predicted molar refractivity (Wildman–Crippen MR) is 117 cm³/mol. The van der Waals surface area contributed by atoms with Crippen LogP contribution in [0.2, 0.25) is 5.02 Å². The zero-order valence-corrected chi connectivity index (χ0v) is 17.6. The van der Waals surface area contributed by atoms with Gasteiger partial charge in [0.25, 0.3) is 0 Å². The molecule has 0 saturated carbocycles. The minimum Gasteiger partial charge on any atom is -0.492 e. The number of hydrogen-bond acceptors (Lipinski definition) is 4. The fraction of sp³-hybridized carbons (Fsp3) is 0.391. The third-order valence-corrected chi connectivity index (χ3v) is 5.56. The van der Waals surface area contributed by atoms with E-state index in [-0.39, 0.29) is 12.0 Å². The summed E-state index contributed by atoms with van der Waals surface area (Å²) in [5.41, 5.74) is 2.01. The maximum Gasteiger partial charge on any atom is 0.249 e. The van der Waals surface area contributed by atoms with Gasteiger partial charge in [0, 0.05) is 13.2 Å². The van der Waals surface area contributed by atoms with Crippen molar-refractivity contribution in [2.45, 2.75) is 44.9 Å². The van der Waals surface area contributed by atoms with Crippen molar-refractivity contribution in [3.63, 3.8) is 0 Å². The quantitative estimate of drug-likeness (QED) is 0.516. The first-order valence-electron chi connectivity index (χ1n) is 10.4. The van der Waals surface area contributed by atoms with Gasteiger partial charge in [0.15, 0.2) is 0 Å². The number of aryl methyl sites for hydroxylation is 1.